The molecule has 2 amide bonds. The number of ether oxygens (including phenoxy) is 1. The van der Waals surface area contributed by atoms with E-state index < -0.39 is 11.9 Å². The lowest BCUT2D eigenvalue weighted by molar-refractivity contribution is -0.142. The number of amides is 2. The van der Waals surface area contributed by atoms with Crippen molar-refractivity contribution in [1.82, 2.24) is 10.2 Å². The quantitative estimate of drug-likeness (QED) is 0.605. The number of benzene rings is 2. The van der Waals surface area contributed by atoms with E-state index >= 15 is 0 Å². The van der Waals surface area contributed by atoms with Crippen molar-refractivity contribution in [2.45, 2.75) is 52.1 Å². The van der Waals surface area contributed by atoms with Crippen molar-refractivity contribution in [1.29, 1.82) is 0 Å². The van der Waals surface area contributed by atoms with Crippen molar-refractivity contribution < 1.29 is 18.7 Å². The van der Waals surface area contributed by atoms with Crippen LogP contribution in [0.2, 0.25) is 0 Å². The van der Waals surface area contributed by atoms with Crippen LogP contribution in [-0.2, 0) is 16.0 Å². The van der Waals surface area contributed by atoms with Crippen molar-refractivity contribution in [2.24, 2.45) is 0 Å². The van der Waals surface area contributed by atoms with Crippen LogP contribution in [-0.4, -0.2) is 41.9 Å². The lowest BCUT2D eigenvalue weighted by Gasteiger charge is -2.31. The number of para-hydroxylation sites is 1. The van der Waals surface area contributed by atoms with Gasteiger partial charge in [0.25, 0.3) is 5.91 Å². The topological polar surface area (TPSA) is 58.6 Å². The molecule has 0 saturated carbocycles. The summed E-state index contributed by atoms with van der Waals surface area (Å²) in [6, 6.07) is 15.1. The van der Waals surface area contributed by atoms with Gasteiger partial charge >= 0.3 is 0 Å². The van der Waals surface area contributed by atoms with E-state index in [1.54, 1.807) is 17.0 Å². The van der Waals surface area contributed by atoms with Crippen LogP contribution < -0.4 is 10.1 Å². The number of carbonyl (C=O) groups is 2. The highest BCUT2D eigenvalue weighted by atomic mass is 19.1. The fourth-order valence-electron chi connectivity index (χ4n) is 3.12. The van der Waals surface area contributed by atoms with Gasteiger partial charge in [-0.1, -0.05) is 56.3 Å². The third kappa shape index (κ3) is 6.87. The average Bonchev–Trinajstić information content (AvgIpc) is 2.76. The van der Waals surface area contributed by atoms with Gasteiger partial charge in [-0.2, -0.15) is 0 Å². The normalized spacial score (nSPS) is 12.7. The van der Waals surface area contributed by atoms with Crippen LogP contribution >= 0.6 is 0 Å². The molecule has 2 aromatic carbocycles. The number of nitrogens with one attached hydrogen (secondary N) is 1. The van der Waals surface area contributed by atoms with Gasteiger partial charge in [-0.15, -0.1) is 0 Å². The van der Waals surface area contributed by atoms with Crippen LogP contribution in [0.3, 0.4) is 0 Å². The first kappa shape index (κ1) is 23.4. The highest BCUT2D eigenvalue weighted by Crippen LogP contribution is 2.16. The molecular formula is C24H31FN2O3. The van der Waals surface area contributed by atoms with Gasteiger partial charge < -0.3 is 15.0 Å². The van der Waals surface area contributed by atoms with E-state index in [9.17, 15) is 14.0 Å². The Kier molecular flexibility index (Phi) is 9.32. The molecule has 0 aliphatic carbocycles. The molecule has 0 aromatic heterocycles. The summed E-state index contributed by atoms with van der Waals surface area (Å²) in [6.45, 7) is 5.84. The van der Waals surface area contributed by atoms with Crippen molar-refractivity contribution in [3.8, 4) is 5.75 Å². The van der Waals surface area contributed by atoms with E-state index in [-0.39, 0.29) is 30.2 Å². The molecule has 0 fully saturated rings. The molecule has 1 N–H and O–H groups in total. The fraction of sp³-hybridized carbons (Fsp3) is 0.417. The number of hydrogen-bond donors (Lipinski definition) is 1. The van der Waals surface area contributed by atoms with Crippen LogP contribution in [0, 0.1) is 5.82 Å². The number of nitrogens with zero attached hydrogens (tertiary/aromatic N) is 1. The molecule has 0 radical (unpaired) electrons. The second kappa shape index (κ2) is 12.0. The lowest BCUT2D eigenvalue weighted by atomic mass is 10.1. The smallest absolute Gasteiger partial charge is 0.261 e. The largest absolute Gasteiger partial charge is 0.481 e. The van der Waals surface area contributed by atoms with E-state index in [1.807, 2.05) is 51.1 Å². The van der Waals surface area contributed by atoms with Gasteiger partial charge in [0, 0.05) is 12.6 Å². The third-order valence-electron chi connectivity index (χ3n) is 5.06. The Morgan fingerprint density at radius 3 is 2.33 bits per heavy atom. The summed E-state index contributed by atoms with van der Waals surface area (Å²) in [4.78, 5) is 27.4. The minimum absolute atomic E-state index is 0.0194. The summed E-state index contributed by atoms with van der Waals surface area (Å²) in [5.74, 6) is -1.03. The molecule has 0 spiro atoms. The second-order valence-corrected chi connectivity index (χ2v) is 7.28. The standard InChI is InChI=1S/C24H31FN2O3/c1-4-18(3)26-24(29)21(5-2)27(16-15-19-11-7-6-8-12-19)23(28)17-30-22-14-10-9-13-20(22)25/h6-14,18,21H,4-5,15-17H2,1-3H3,(H,26,29)/t18-,21-/m1/s1. The third-order valence-corrected chi connectivity index (χ3v) is 5.06. The molecule has 2 rings (SSSR count). The van der Waals surface area contributed by atoms with Crippen molar-refractivity contribution in [2.75, 3.05) is 13.2 Å². The number of rotatable bonds is 11. The Morgan fingerprint density at radius 1 is 1.03 bits per heavy atom. The Balaban J connectivity index is 2.14. The second-order valence-electron chi connectivity index (χ2n) is 7.28. The van der Waals surface area contributed by atoms with E-state index in [0.29, 0.717) is 19.4 Å². The predicted molar refractivity (Wildman–Crippen MR) is 116 cm³/mol. The highest BCUT2D eigenvalue weighted by molar-refractivity contribution is 5.88. The first-order valence-electron chi connectivity index (χ1n) is 10.5. The zero-order chi connectivity index (χ0) is 21.9. The first-order chi connectivity index (χ1) is 14.5. The number of carbonyl (C=O) groups excluding carboxylic acids is 2. The van der Waals surface area contributed by atoms with Crippen molar-refractivity contribution in [3.63, 3.8) is 0 Å². The maximum atomic E-state index is 13.8. The number of halogens is 1. The van der Waals surface area contributed by atoms with Crippen molar-refractivity contribution >= 4 is 11.8 Å². The van der Waals surface area contributed by atoms with Crippen molar-refractivity contribution in [3.05, 3.63) is 66.0 Å². The zero-order valence-electron chi connectivity index (χ0n) is 17.9. The fourth-order valence-corrected chi connectivity index (χ4v) is 3.12. The molecular weight excluding hydrogens is 383 g/mol. The van der Waals surface area contributed by atoms with Gasteiger partial charge in [0.1, 0.15) is 6.04 Å². The van der Waals surface area contributed by atoms with Crippen LogP contribution in [0.15, 0.2) is 54.6 Å². The Morgan fingerprint density at radius 2 is 1.70 bits per heavy atom. The molecule has 2 atom stereocenters. The summed E-state index contributed by atoms with van der Waals surface area (Å²) in [5, 5.41) is 2.96. The molecule has 0 bridgehead atoms. The molecule has 0 aliphatic rings. The molecule has 0 heterocycles. The molecule has 2 aromatic rings. The van der Waals surface area contributed by atoms with Crippen LogP contribution in [0.4, 0.5) is 4.39 Å². The van der Waals surface area contributed by atoms with E-state index in [0.717, 1.165) is 12.0 Å². The Bertz CT molecular complexity index is 813. The maximum Gasteiger partial charge on any atom is 0.261 e. The summed E-state index contributed by atoms with van der Waals surface area (Å²) in [5.41, 5.74) is 1.07. The predicted octanol–water partition coefficient (Wildman–Crippen LogP) is 3.97. The molecule has 0 unspecified atom stereocenters. The van der Waals surface area contributed by atoms with Gasteiger partial charge in [-0.3, -0.25) is 9.59 Å². The Labute approximate surface area is 178 Å². The van der Waals surface area contributed by atoms with Crippen LogP contribution in [0.1, 0.15) is 39.2 Å². The minimum atomic E-state index is -0.612. The maximum absolute atomic E-state index is 13.8. The molecule has 6 heteroatoms. The summed E-state index contributed by atoms with van der Waals surface area (Å²) in [6.07, 6.45) is 1.89. The van der Waals surface area contributed by atoms with Gasteiger partial charge in [-0.25, -0.2) is 4.39 Å². The zero-order valence-corrected chi connectivity index (χ0v) is 17.9. The van der Waals surface area contributed by atoms with E-state index in [2.05, 4.69) is 5.32 Å². The first-order valence-corrected chi connectivity index (χ1v) is 10.5. The van der Waals surface area contributed by atoms with Gasteiger partial charge in [-0.05, 0) is 43.9 Å². The molecule has 0 aliphatic heterocycles. The minimum Gasteiger partial charge on any atom is -0.481 e. The molecule has 5 nitrogen and oxygen atoms in total. The molecule has 162 valence electrons. The monoisotopic (exact) mass is 414 g/mol. The van der Waals surface area contributed by atoms with Gasteiger partial charge in [0.05, 0.1) is 0 Å². The van der Waals surface area contributed by atoms with E-state index in [4.69, 9.17) is 4.74 Å². The molecule has 0 saturated heterocycles. The SMILES string of the molecule is CC[C@@H](C)NC(=O)[C@@H](CC)N(CCc1ccccc1)C(=O)COc1ccccc1F. The molecule has 30 heavy (non-hydrogen) atoms. The summed E-state index contributed by atoms with van der Waals surface area (Å²) in [7, 11) is 0. The Hall–Kier alpha value is -2.89. The van der Waals surface area contributed by atoms with Crippen LogP contribution in [0.25, 0.3) is 0 Å². The average molecular weight is 415 g/mol. The van der Waals surface area contributed by atoms with Gasteiger partial charge in [0.2, 0.25) is 5.91 Å². The van der Waals surface area contributed by atoms with Gasteiger partial charge in [0.15, 0.2) is 18.2 Å². The number of hydrogen-bond acceptors (Lipinski definition) is 3. The van der Waals surface area contributed by atoms with Crippen LogP contribution in [0.5, 0.6) is 5.75 Å². The summed E-state index contributed by atoms with van der Waals surface area (Å²) >= 11 is 0. The lowest BCUT2D eigenvalue weighted by Crippen LogP contribution is -2.52. The summed E-state index contributed by atoms with van der Waals surface area (Å²) < 4.78 is 19.2. The highest BCUT2D eigenvalue weighted by Gasteiger charge is 2.29. The van der Waals surface area contributed by atoms with E-state index in [1.165, 1.54) is 12.1 Å².